The molecule has 0 saturated carbocycles. The normalized spacial score (nSPS) is 20.3. The summed E-state index contributed by atoms with van der Waals surface area (Å²) in [5.74, 6) is 1.15. The van der Waals surface area contributed by atoms with Gasteiger partial charge in [0.15, 0.2) is 0 Å². The SMILES string of the molecule is COc1ccc2c(c1)N1CCN(c3ccc(F)cc3)C[C@@H]1[C@@H](C(=O)NCCC(C)C)C2. The van der Waals surface area contributed by atoms with Gasteiger partial charge in [0.25, 0.3) is 0 Å². The fraction of sp³-hybridized carbons (Fsp3) is 0.480. The van der Waals surface area contributed by atoms with Crippen LogP contribution < -0.4 is 19.9 Å². The van der Waals surface area contributed by atoms with Crippen molar-refractivity contribution >= 4 is 17.3 Å². The van der Waals surface area contributed by atoms with E-state index in [0.29, 0.717) is 18.9 Å². The number of rotatable bonds is 6. The molecule has 166 valence electrons. The third-order valence-electron chi connectivity index (χ3n) is 6.47. The van der Waals surface area contributed by atoms with E-state index in [-0.39, 0.29) is 23.7 Å². The van der Waals surface area contributed by atoms with Crippen molar-refractivity contribution in [3.05, 3.63) is 53.8 Å². The summed E-state index contributed by atoms with van der Waals surface area (Å²) in [5, 5.41) is 3.17. The number of halogens is 1. The Kier molecular flexibility index (Phi) is 6.35. The summed E-state index contributed by atoms with van der Waals surface area (Å²) in [6.45, 7) is 7.39. The average molecular weight is 426 g/mol. The molecule has 0 aliphatic carbocycles. The summed E-state index contributed by atoms with van der Waals surface area (Å²) in [6, 6.07) is 12.8. The molecule has 0 unspecified atom stereocenters. The quantitative estimate of drug-likeness (QED) is 0.763. The summed E-state index contributed by atoms with van der Waals surface area (Å²) in [6.07, 6.45) is 1.69. The summed E-state index contributed by atoms with van der Waals surface area (Å²) in [7, 11) is 1.68. The molecule has 0 bridgehead atoms. The van der Waals surface area contributed by atoms with Crippen LogP contribution in [0.25, 0.3) is 0 Å². The smallest absolute Gasteiger partial charge is 0.225 e. The zero-order valence-electron chi connectivity index (χ0n) is 18.6. The highest BCUT2D eigenvalue weighted by Gasteiger charge is 2.41. The van der Waals surface area contributed by atoms with Gasteiger partial charge in [0.1, 0.15) is 11.6 Å². The molecule has 1 fully saturated rings. The van der Waals surface area contributed by atoms with Crippen LogP contribution in [0, 0.1) is 17.7 Å². The monoisotopic (exact) mass is 425 g/mol. The molecule has 2 aromatic carbocycles. The average Bonchev–Trinajstić information content (AvgIpc) is 2.78. The van der Waals surface area contributed by atoms with E-state index in [0.717, 1.165) is 43.2 Å². The largest absolute Gasteiger partial charge is 0.497 e. The van der Waals surface area contributed by atoms with Gasteiger partial charge in [0.2, 0.25) is 5.91 Å². The van der Waals surface area contributed by atoms with Gasteiger partial charge in [-0.1, -0.05) is 19.9 Å². The number of ether oxygens (including phenoxy) is 1. The third kappa shape index (κ3) is 4.63. The van der Waals surface area contributed by atoms with Crippen molar-refractivity contribution in [3.8, 4) is 5.75 Å². The number of piperazine rings is 1. The Morgan fingerprint density at radius 2 is 1.97 bits per heavy atom. The Hall–Kier alpha value is -2.76. The molecule has 2 aromatic rings. The molecule has 2 aliphatic rings. The fourth-order valence-corrected chi connectivity index (χ4v) is 4.71. The highest BCUT2D eigenvalue weighted by molar-refractivity contribution is 5.82. The molecule has 2 atom stereocenters. The number of hydrogen-bond donors (Lipinski definition) is 1. The number of carbonyl (C=O) groups excluding carboxylic acids is 1. The molecular formula is C25H32FN3O2. The summed E-state index contributed by atoms with van der Waals surface area (Å²) < 4.78 is 18.9. The molecule has 4 rings (SSSR count). The number of nitrogens with zero attached hydrogens (tertiary/aromatic N) is 2. The van der Waals surface area contributed by atoms with E-state index in [1.807, 2.05) is 18.2 Å². The Bertz CT molecular complexity index is 915. The number of hydrogen-bond acceptors (Lipinski definition) is 4. The zero-order valence-corrected chi connectivity index (χ0v) is 18.6. The minimum atomic E-state index is -0.233. The van der Waals surface area contributed by atoms with Gasteiger partial charge in [-0.3, -0.25) is 4.79 Å². The van der Waals surface area contributed by atoms with Gasteiger partial charge < -0.3 is 19.9 Å². The molecule has 2 heterocycles. The van der Waals surface area contributed by atoms with Crippen LogP contribution in [0.1, 0.15) is 25.8 Å². The second-order valence-electron chi connectivity index (χ2n) is 8.96. The molecular weight excluding hydrogens is 393 g/mol. The number of benzene rings is 2. The molecule has 0 aromatic heterocycles. The molecule has 0 spiro atoms. The molecule has 0 radical (unpaired) electrons. The van der Waals surface area contributed by atoms with Crippen molar-refractivity contribution in [2.24, 2.45) is 11.8 Å². The van der Waals surface area contributed by atoms with Gasteiger partial charge in [-0.15, -0.1) is 0 Å². The maximum Gasteiger partial charge on any atom is 0.225 e. The van der Waals surface area contributed by atoms with Crippen LogP contribution >= 0.6 is 0 Å². The van der Waals surface area contributed by atoms with Crippen LogP contribution in [0.15, 0.2) is 42.5 Å². The Labute approximate surface area is 184 Å². The molecule has 6 heteroatoms. The molecule has 5 nitrogen and oxygen atoms in total. The van der Waals surface area contributed by atoms with Gasteiger partial charge in [-0.05, 0) is 54.7 Å². The fourth-order valence-electron chi connectivity index (χ4n) is 4.71. The van der Waals surface area contributed by atoms with E-state index in [4.69, 9.17) is 4.74 Å². The summed E-state index contributed by atoms with van der Waals surface area (Å²) in [5.41, 5.74) is 3.35. The number of methoxy groups -OCH3 is 1. The molecule has 2 aliphatic heterocycles. The summed E-state index contributed by atoms with van der Waals surface area (Å²) in [4.78, 5) is 17.9. The van der Waals surface area contributed by atoms with Gasteiger partial charge in [0, 0.05) is 43.6 Å². The van der Waals surface area contributed by atoms with Crippen LogP contribution in [0.4, 0.5) is 15.8 Å². The van der Waals surface area contributed by atoms with Gasteiger partial charge in [0.05, 0.1) is 19.1 Å². The first-order valence-electron chi connectivity index (χ1n) is 11.2. The van der Waals surface area contributed by atoms with E-state index >= 15 is 0 Å². The number of carbonyl (C=O) groups is 1. The molecule has 31 heavy (non-hydrogen) atoms. The van der Waals surface area contributed by atoms with E-state index in [1.165, 1.54) is 17.7 Å². The van der Waals surface area contributed by atoms with E-state index < -0.39 is 0 Å². The van der Waals surface area contributed by atoms with Crippen molar-refractivity contribution in [2.75, 3.05) is 43.1 Å². The molecule has 1 N–H and O–H groups in total. The van der Waals surface area contributed by atoms with Crippen molar-refractivity contribution in [2.45, 2.75) is 32.7 Å². The van der Waals surface area contributed by atoms with E-state index in [2.05, 4.69) is 41.1 Å². The number of nitrogens with one attached hydrogen (secondary N) is 1. The number of fused-ring (bicyclic) bond motifs is 3. The first kappa shape index (κ1) is 21.5. The lowest BCUT2D eigenvalue weighted by Crippen LogP contribution is -2.61. The van der Waals surface area contributed by atoms with E-state index in [9.17, 15) is 9.18 Å². The lowest BCUT2D eigenvalue weighted by Gasteiger charge is -2.49. The second kappa shape index (κ2) is 9.16. The van der Waals surface area contributed by atoms with Crippen LogP contribution in [0.3, 0.4) is 0 Å². The first-order chi connectivity index (χ1) is 15.0. The predicted octanol–water partition coefficient (Wildman–Crippen LogP) is 3.86. The van der Waals surface area contributed by atoms with Crippen molar-refractivity contribution < 1.29 is 13.9 Å². The van der Waals surface area contributed by atoms with Gasteiger partial charge in [-0.25, -0.2) is 4.39 Å². The zero-order chi connectivity index (χ0) is 22.0. The van der Waals surface area contributed by atoms with Crippen LogP contribution in [-0.2, 0) is 11.2 Å². The van der Waals surface area contributed by atoms with E-state index in [1.54, 1.807) is 7.11 Å². The van der Waals surface area contributed by atoms with Crippen LogP contribution in [0.2, 0.25) is 0 Å². The maximum atomic E-state index is 13.4. The summed E-state index contributed by atoms with van der Waals surface area (Å²) >= 11 is 0. The predicted molar refractivity (Wildman–Crippen MR) is 122 cm³/mol. The minimum absolute atomic E-state index is 0.0532. The van der Waals surface area contributed by atoms with Crippen LogP contribution in [-0.4, -0.2) is 45.2 Å². The highest BCUT2D eigenvalue weighted by atomic mass is 19.1. The Balaban J connectivity index is 1.60. The number of amides is 1. The van der Waals surface area contributed by atoms with Crippen LogP contribution in [0.5, 0.6) is 5.75 Å². The molecule has 1 saturated heterocycles. The standard InChI is InChI=1S/C25H32FN3O2/c1-17(2)10-11-27-25(30)22-14-18-4-9-21(31-3)15-23(18)29-13-12-28(16-24(22)29)20-7-5-19(26)6-8-20/h4-9,15,17,22,24H,10-14,16H2,1-3H3,(H,27,30)/t22-,24+/m0/s1. The Morgan fingerprint density at radius 3 is 2.68 bits per heavy atom. The molecule has 1 amide bonds. The van der Waals surface area contributed by atoms with Gasteiger partial charge in [-0.2, -0.15) is 0 Å². The van der Waals surface area contributed by atoms with Crippen molar-refractivity contribution in [3.63, 3.8) is 0 Å². The first-order valence-corrected chi connectivity index (χ1v) is 11.2. The second-order valence-corrected chi connectivity index (χ2v) is 8.96. The lowest BCUT2D eigenvalue weighted by atomic mass is 9.83. The minimum Gasteiger partial charge on any atom is -0.497 e. The van der Waals surface area contributed by atoms with Gasteiger partial charge >= 0.3 is 0 Å². The number of anilines is 2. The third-order valence-corrected chi connectivity index (χ3v) is 6.47. The van der Waals surface area contributed by atoms with Crippen molar-refractivity contribution in [1.82, 2.24) is 5.32 Å². The highest BCUT2D eigenvalue weighted by Crippen LogP contribution is 2.39. The van der Waals surface area contributed by atoms with Crippen molar-refractivity contribution in [1.29, 1.82) is 0 Å². The topological polar surface area (TPSA) is 44.8 Å². The lowest BCUT2D eigenvalue weighted by molar-refractivity contribution is -0.125. The maximum absolute atomic E-state index is 13.4. The Morgan fingerprint density at radius 1 is 1.19 bits per heavy atom.